The first kappa shape index (κ1) is 21.8. The van der Waals surface area contributed by atoms with Crippen LogP contribution < -0.4 is 19.6 Å². The van der Waals surface area contributed by atoms with Crippen molar-refractivity contribution < 1.29 is 14.3 Å². The normalized spacial score (nSPS) is 15.9. The molecule has 3 aromatic rings. The zero-order valence-corrected chi connectivity index (χ0v) is 19.2. The van der Waals surface area contributed by atoms with Crippen LogP contribution in [0.2, 0.25) is 0 Å². The standard InChI is InChI=1S/C25H24N2O4S/c1-5-31-24(29)21-16(3)26-25-27(22(21)18-10-12-19(30-4)13-11-18)23(28)20(32-25)14-17-8-6-15(2)7-9-17/h6-14,22H,5H2,1-4H3/b20-14-/t22-/m1/s1. The van der Waals surface area contributed by atoms with Crippen molar-refractivity contribution in [3.05, 3.63) is 96.2 Å². The lowest BCUT2D eigenvalue weighted by molar-refractivity contribution is -0.139. The van der Waals surface area contributed by atoms with Gasteiger partial charge in [-0.1, -0.05) is 53.3 Å². The Hall–Kier alpha value is -3.45. The van der Waals surface area contributed by atoms with Crippen molar-refractivity contribution >= 4 is 23.4 Å². The van der Waals surface area contributed by atoms with Gasteiger partial charge in [-0.15, -0.1) is 0 Å². The van der Waals surface area contributed by atoms with Crippen molar-refractivity contribution in [2.45, 2.75) is 26.8 Å². The summed E-state index contributed by atoms with van der Waals surface area (Å²) >= 11 is 1.32. The first-order valence-corrected chi connectivity index (χ1v) is 11.1. The van der Waals surface area contributed by atoms with E-state index in [0.29, 0.717) is 26.4 Å². The van der Waals surface area contributed by atoms with E-state index >= 15 is 0 Å². The molecule has 0 fully saturated rings. The summed E-state index contributed by atoms with van der Waals surface area (Å²) in [5, 5.41) is 0. The summed E-state index contributed by atoms with van der Waals surface area (Å²) in [5.74, 6) is 0.223. The van der Waals surface area contributed by atoms with Gasteiger partial charge in [0.1, 0.15) is 5.75 Å². The minimum atomic E-state index is -0.628. The number of allylic oxidation sites excluding steroid dienone is 1. The number of carbonyl (C=O) groups excluding carboxylic acids is 1. The molecule has 0 bridgehead atoms. The van der Waals surface area contributed by atoms with Crippen molar-refractivity contribution in [3.63, 3.8) is 0 Å². The van der Waals surface area contributed by atoms with Crippen molar-refractivity contribution in [3.8, 4) is 5.75 Å². The second-order valence-corrected chi connectivity index (χ2v) is 8.50. The molecule has 2 aromatic carbocycles. The maximum atomic E-state index is 13.5. The number of nitrogens with zero attached hydrogens (tertiary/aromatic N) is 2. The third-order valence-corrected chi connectivity index (χ3v) is 6.31. The second kappa shape index (κ2) is 8.96. The van der Waals surface area contributed by atoms with Crippen molar-refractivity contribution in [1.29, 1.82) is 0 Å². The Morgan fingerprint density at radius 1 is 1.12 bits per heavy atom. The zero-order valence-electron chi connectivity index (χ0n) is 18.4. The predicted octanol–water partition coefficient (Wildman–Crippen LogP) is 3.12. The summed E-state index contributed by atoms with van der Waals surface area (Å²) in [4.78, 5) is 31.5. The van der Waals surface area contributed by atoms with E-state index < -0.39 is 12.0 Å². The fourth-order valence-electron chi connectivity index (χ4n) is 3.71. The Labute approximate surface area is 189 Å². The molecule has 0 unspecified atom stereocenters. The maximum Gasteiger partial charge on any atom is 0.338 e. The molecule has 0 aliphatic carbocycles. The number of fused-ring (bicyclic) bond motifs is 1. The Morgan fingerprint density at radius 2 is 1.81 bits per heavy atom. The molecule has 1 aromatic heterocycles. The van der Waals surface area contributed by atoms with Crippen LogP contribution in [0, 0.1) is 6.92 Å². The fraction of sp³-hybridized carbons (Fsp3) is 0.240. The minimum Gasteiger partial charge on any atom is -0.497 e. The number of thiazole rings is 1. The molecule has 0 saturated heterocycles. The van der Waals surface area contributed by atoms with Crippen molar-refractivity contribution in [2.75, 3.05) is 13.7 Å². The van der Waals surface area contributed by atoms with Gasteiger partial charge in [-0.05, 0) is 50.1 Å². The van der Waals surface area contributed by atoms with E-state index in [1.165, 1.54) is 11.3 Å². The fourth-order valence-corrected chi connectivity index (χ4v) is 4.75. The van der Waals surface area contributed by atoms with Gasteiger partial charge in [0.05, 0.1) is 35.6 Å². The molecule has 1 aliphatic rings. The number of esters is 1. The lowest BCUT2D eigenvalue weighted by atomic mass is 9.96. The Kier molecular flexibility index (Phi) is 6.10. The van der Waals surface area contributed by atoms with E-state index in [4.69, 9.17) is 9.47 Å². The molecule has 0 spiro atoms. The number of hydrogen-bond acceptors (Lipinski definition) is 6. The van der Waals surface area contributed by atoms with Crippen molar-refractivity contribution in [1.82, 2.24) is 4.57 Å². The van der Waals surface area contributed by atoms with Crippen LogP contribution in [0.4, 0.5) is 0 Å². The molecule has 0 N–H and O–H groups in total. The van der Waals surface area contributed by atoms with E-state index in [2.05, 4.69) is 4.99 Å². The van der Waals surface area contributed by atoms with Gasteiger partial charge in [0.15, 0.2) is 4.80 Å². The molecule has 1 aliphatic heterocycles. The minimum absolute atomic E-state index is 0.190. The molecule has 32 heavy (non-hydrogen) atoms. The van der Waals surface area contributed by atoms with E-state index in [1.54, 1.807) is 25.5 Å². The number of rotatable bonds is 5. The molecule has 0 radical (unpaired) electrons. The molecular formula is C25H24N2O4S. The van der Waals surface area contributed by atoms with E-state index in [0.717, 1.165) is 16.7 Å². The average Bonchev–Trinajstić information content (AvgIpc) is 3.09. The SMILES string of the molecule is CCOC(=O)C1=C(C)N=c2s/c(=C\c3ccc(C)cc3)c(=O)n2[C@@H]1c1ccc(OC)cc1. The van der Waals surface area contributed by atoms with Crippen LogP contribution >= 0.6 is 11.3 Å². The van der Waals surface area contributed by atoms with Gasteiger partial charge in [0.2, 0.25) is 0 Å². The summed E-state index contributed by atoms with van der Waals surface area (Å²) < 4.78 is 12.7. The Bertz CT molecular complexity index is 1360. The molecule has 0 amide bonds. The summed E-state index contributed by atoms with van der Waals surface area (Å²) in [7, 11) is 1.59. The highest BCUT2D eigenvalue weighted by Gasteiger charge is 2.33. The summed E-state index contributed by atoms with van der Waals surface area (Å²) in [6.45, 7) is 5.79. The van der Waals surface area contributed by atoms with E-state index in [9.17, 15) is 9.59 Å². The zero-order chi connectivity index (χ0) is 22.8. The number of methoxy groups -OCH3 is 1. The van der Waals surface area contributed by atoms with Gasteiger partial charge < -0.3 is 9.47 Å². The third-order valence-electron chi connectivity index (χ3n) is 5.32. The first-order valence-electron chi connectivity index (χ1n) is 10.3. The molecule has 7 heteroatoms. The quantitative estimate of drug-likeness (QED) is 0.563. The van der Waals surface area contributed by atoms with Crippen LogP contribution in [0.5, 0.6) is 5.75 Å². The number of benzene rings is 2. The Morgan fingerprint density at radius 3 is 2.44 bits per heavy atom. The average molecular weight is 449 g/mol. The monoisotopic (exact) mass is 448 g/mol. The molecule has 2 heterocycles. The van der Waals surface area contributed by atoms with Crippen molar-refractivity contribution in [2.24, 2.45) is 4.99 Å². The first-order chi connectivity index (χ1) is 15.4. The second-order valence-electron chi connectivity index (χ2n) is 7.49. The van der Waals surface area contributed by atoms with Gasteiger partial charge in [-0.25, -0.2) is 9.79 Å². The van der Waals surface area contributed by atoms with Crippen LogP contribution in [0.25, 0.3) is 6.08 Å². The summed E-state index contributed by atoms with van der Waals surface area (Å²) in [6.07, 6.45) is 1.86. The highest BCUT2D eigenvalue weighted by Crippen LogP contribution is 2.31. The number of carbonyl (C=O) groups is 1. The summed E-state index contributed by atoms with van der Waals surface area (Å²) in [6, 6.07) is 14.7. The maximum absolute atomic E-state index is 13.5. The lowest BCUT2D eigenvalue weighted by Gasteiger charge is -2.24. The highest BCUT2D eigenvalue weighted by molar-refractivity contribution is 7.07. The number of aryl methyl sites for hydroxylation is 1. The summed E-state index contributed by atoms with van der Waals surface area (Å²) in [5.41, 5.74) is 3.59. The predicted molar refractivity (Wildman–Crippen MR) is 125 cm³/mol. The lowest BCUT2D eigenvalue weighted by Crippen LogP contribution is -2.39. The van der Waals surface area contributed by atoms with Gasteiger partial charge in [0, 0.05) is 0 Å². The van der Waals surface area contributed by atoms with Gasteiger partial charge in [0.25, 0.3) is 5.56 Å². The molecule has 6 nitrogen and oxygen atoms in total. The van der Waals surface area contributed by atoms with Gasteiger partial charge in [-0.3, -0.25) is 9.36 Å². The number of ether oxygens (including phenoxy) is 2. The molecule has 4 rings (SSSR count). The van der Waals surface area contributed by atoms with E-state index in [-0.39, 0.29) is 12.2 Å². The molecule has 1 atom stereocenters. The Balaban J connectivity index is 1.93. The van der Waals surface area contributed by atoms with Gasteiger partial charge >= 0.3 is 5.97 Å². The van der Waals surface area contributed by atoms with E-state index in [1.807, 2.05) is 61.5 Å². The number of hydrogen-bond donors (Lipinski definition) is 0. The third kappa shape index (κ3) is 4.03. The smallest absolute Gasteiger partial charge is 0.338 e. The molecule has 164 valence electrons. The highest BCUT2D eigenvalue weighted by atomic mass is 32.1. The van der Waals surface area contributed by atoms with Crippen LogP contribution in [0.3, 0.4) is 0 Å². The van der Waals surface area contributed by atoms with Crippen LogP contribution in [-0.2, 0) is 9.53 Å². The van der Waals surface area contributed by atoms with Crippen LogP contribution in [-0.4, -0.2) is 24.3 Å². The van der Waals surface area contributed by atoms with Crippen LogP contribution in [0.1, 0.15) is 36.6 Å². The topological polar surface area (TPSA) is 69.9 Å². The molecular weight excluding hydrogens is 424 g/mol. The van der Waals surface area contributed by atoms with Gasteiger partial charge in [-0.2, -0.15) is 0 Å². The molecule has 0 saturated carbocycles. The largest absolute Gasteiger partial charge is 0.497 e. The number of aromatic nitrogens is 1. The van der Waals surface area contributed by atoms with Crippen LogP contribution in [0.15, 0.2) is 69.6 Å².